The first-order valence-corrected chi connectivity index (χ1v) is 8.95. The molecule has 0 unspecified atom stereocenters. The highest BCUT2D eigenvalue weighted by molar-refractivity contribution is 9.10. The van der Waals surface area contributed by atoms with Crippen molar-refractivity contribution in [1.82, 2.24) is 5.32 Å². The number of ether oxygens (including phenoxy) is 1. The van der Waals surface area contributed by atoms with Gasteiger partial charge >= 0.3 is 0 Å². The Labute approximate surface area is 163 Å². The number of carbonyl (C=O) groups excluding carboxylic acids is 1. The van der Waals surface area contributed by atoms with E-state index in [9.17, 15) is 4.79 Å². The van der Waals surface area contributed by atoms with Crippen molar-refractivity contribution in [3.63, 3.8) is 0 Å². The van der Waals surface area contributed by atoms with Gasteiger partial charge in [-0.25, -0.2) is 0 Å². The smallest absolute Gasteiger partial charge is 0.224 e. The van der Waals surface area contributed by atoms with Crippen molar-refractivity contribution in [3.8, 4) is 5.75 Å². The fraction of sp³-hybridized carbons (Fsp3) is 0.316. The number of amides is 1. The van der Waals surface area contributed by atoms with Crippen molar-refractivity contribution >= 4 is 39.9 Å². The number of hydrogen-bond donors (Lipinski definition) is 2. The Kier molecular flexibility index (Phi) is 10.2. The van der Waals surface area contributed by atoms with E-state index >= 15 is 0 Å². The van der Waals surface area contributed by atoms with Crippen LogP contribution >= 0.6 is 28.3 Å². The molecule has 2 rings (SSSR count). The summed E-state index contributed by atoms with van der Waals surface area (Å²) in [6, 6.07) is 15.6. The molecule has 0 aliphatic carbocycles. The van der Waals surface area contributed by atoms with Crippen LogP contribution in [-0.4, -0.2) is 19.1 Å². The molecule has 2 aromatic carbocycles. The molecule has 0 aliphatic heterocycles. The zero-order chi connectivity index (χ0) is 17.2. The second-order valence-electron chi connectivity index (χ2n) is 5.37. The summed E-state index contributed by atoms with van der Waals surface area (Å²) in [5.74, 6) is 0.809. The third-order valence-electron chi connectivity index (χ3n) is 3.50. The number of halogens is 2. The van der Waals surface area contributed by atoms with E-state index in [4.69, 9.17) is 4.74 Å². The van der Waals surface area contributed by atoms with Crippen LogP contribution in [0.4, 0.5) is 5.69 Å². The Hall–Kier alpha value is -1.56. The minimum absolute atomic E-state index is 0. The second-order valence-corrected chi connectivity index (χ2v) is 6.22. The Balaban J connectivity index is 0.00000312. The maximum absolute atomic E-state index is 12.1. The van der Waals surface area contributed by atoms with Gasteiger partial charge in [0.25, 0.3) is 0 Å². The first-order valence-electron chi connectivity index (χ1n) is 8.16. The molecule has 136 valence electrons. The van der Waals surface area contributed by atoms with Crippen LogP contribution in [0.5, 0.6) is 5.75 Å². The molecule has 25 heavy (non-hydrogen) atoms. The standard InChI is InChI=1S/C19H23BrN2O2.ClH/c1-2-21-14-15-8-3-5-10-17(15)22-19(23)12-7-13-24-18-11-6-4-9-16(18)20;/h3-6,8-11,21H,2,7,12-14H2,1H3,(H,22,23);1H. The molecule has 6 heteroatoms. The van der Waals surface area contributed by atoms with Crippen molar-refractivity contribution in [1.29, 1.82) is 0 Å². The molecule has 0 fully saturated rings. The molecule has 0 aromatic heterocycles. The zero-order valence-corrected chi connectivity index (χ0v) is 16.7. The molecule has 0 spiro atoms. The van der Waals surface area contributed by atoms with Gasteiger partial charge < -0.3 is 15.4 Å². The van der Waals surface area contributed by atoms with Crippen LogP contribution in [-0.2, 0) is 11.3 Å². The van der Waals surface area contributed by atoms with Gasteiger partial charge in [-0.2, -0.15) is 0 Å². The van der Waals surface area contributed by atoms with Crippen LogP contribution < -0.4 is 15.4 Å². The van der Waals surface area contributed by atoms with Crippen LogP contribution in [0.3, 0.4) is 0 Å². The van der Waals surface area contributed by atoms with E-state index < -0.39 is 0 Å². The van der Waals surface area contributed by atoms with Crippen LogP contribution in [0.25, 0.3) is 0 Å². The third-order valence-corrected chi connectivity index (χ3v) is 4.15. The summed E-state index contributed by atoms with van der Waals surface area (Å²) in [7, 11) is 0. The normalized spacial score (nSPS) is 10.0. The summed E-state index contributed by atoms with van der Waals surface area (Å²) in [4.78, 5) is 12.1. The van der Waals surface area contributed by atoms with Gasteiger partial charge in [-0.05, 0) is 52.7 Å². The van der Waals surface area contributed by atoms with E-state index in [2.05, 4.69) is 33.5 Å². The van der Waals surface area contributed by atoms with E-state index in [-0.39, 0.29) is 18.3 Å². The predicted molar refractivity (Wildman–Crippen MR) is 109 cm³/mol. The number of carbonyl (C=O) groups is 1. The van der Waals surface area contributed by atoms with Crippen LogP contribution in [0, 0.1) is 0 Å². The van der Waals surface area contributed by atoms with Gasteiger partial charge in [-0.3, -0.25) is 4.79 Å². The number of para-hydroxylation sites is 2. The van der Waals surface area contributed by atoms with Gasteiger partial charge in [0.1, 0.15) is 5.75 Å². The number of nitrogens with one attached hydrogen (secondary N) is 2. The lowest BCUT2D eigenvalue weighted by Gasteiger charge is -2.12. The van der Waals surface area contributed by atoms with Crippen molar-refractivity contribution in [3.05, 3.63) is 58.6 Å². The fourth-order valence-corrected chi connectivity index (χ4v) is 2.64. The number of benzene rings is 2. The molecular formula is C19H24BrClN2O2. The van der Waals surface area contributed by atoms with Gasteiger partial charge in [-0.1, -0.05) is 37.3 Å². The SMILES string of the molecule is CCNCc1ccccc1NC(=O)CCCOc1ccccc1Br.Cl. The lowest BCUT2D eigenvalue weighted by Crippen LogP contribution is -2.17. The Morgan fingerprint density at radius 3 is 2.60 bits per heavy atom. The van der Waals surface area contributed by atoms with E-state index in [0.717, 1.165) is 34.6 Å². The molecule has 2 N–H and O–H groups in total. The maximum Gasteiger partial charge on any atom is 0.224 e. The molecule has 4 nitrogen and oxygen atoms in total. The first-order chi connectivity index (χ1) is 11.7. The number of hydrogen-bond acceptors (Lipinski definition) is 3. The zero-order valence-electron chi connectivity index (χ0n) is 14.3. The molecular weight excluding hydrogens is 404 g/mol. The monoisotopic (exact) mass is 426 g/mol. The molecule has 2 aromatic rings. The molecule has 0 atom stereocenters. The summed E-state index contributed by atoms with van der Waals surface area (Å²) in [5.41, 5.74) is 1.97. The maximum atomic E-state index is 12.1. The van der Waals surface area contributed by atoms with E-state index in [1.165, 1.54) is 0 Å². The highest BCUT2D eigenvalue weighted by Crippen LogP contribution is 2.24. The van der Waals surface area contributed by atoms with Crippen molar-refractivity contribution in [2.24, 2.45) is 0 Å². The summed E-state index contributed by atoms with van der Waals surface area (Å²) in [5, 5.41) is 6.26. The molecule has 0 radical (unpaired) electrons. The van der Waals surface area contributed by atoms with Gasteiger partial charge in [-0.15, -0.1) is 12.4 Å². The summed E-state index contributed by atoms with van der Waals surface area (Å²) in [6.45, 7) is 4.22. The Bertz CT molecular complexity index is 667. The van der Waals surface area contributed by atoms with E-state index in [1.54, 1.807) is 0 Å². The van der Waals surface area contributed by atoms with Gasteiger partial charge in [0.2, 0.25) is 5.91 Å². The number of anilines is 1. The number of rotatable bonds is 9. The van der Waals surface area contributed by atoms with E-state index in [0.29, 0.717) is 19.4 Å². The average Bonchev–Trinajstić information content (AvgIpc) is 2.59. The van der Waals surface area contributed by atoms with Gasteiger partial charge in [0.15, 0.2) is 0 Å². The molecule has 0 heterocycles. The van der Waals surface area contributed by atoms with Crippen molar-refractivity contribution in [2.75, 3.05) is 18.5 Å². The lowest BCUT2D eigenvalue weighted by atomic mass is 10.1. The molecule has 0 aliphatic rings. The first kappa shape index (κ1) is 21.5. The molecule has 1 amide bonds. The minimum atomic E-state index is 0. The van der Waals surface area contributed by atoms with Gasteiger partial charge in [0.05, 0.1) is 11.1 Å². The van der Waals surface area contributed by atoms with Crippen LogP contribution in [0.2, 0.25) is 0 Å². The largest absolute Gasteiger partial charge is 0.492 e. The average molecular weight is 428 g/mol. The summed E-state index contributed by atoms with van der Waals surface area (Å²) in [6.07, 6.45) is 1.10. The van der Waals surface area contributed by atoms with Crippen LogP contribution in [0.1, 0.15) is 25.3 Å². The summed E-state index contributed by atoms with van der Waals surface area (Å²) >= 11 is 3.44. The van der Waals surface area contributed by atoms with Gasteiger partial charge in [0, 0.05) is 18.7 Å². The molecule has 0 bridgehead atoms. The molecule has 0 saturated carbocycles. The van der Waals surface area contributed by atoms with E-state index in [1.807, 2.05) is 48.5 Å². The topological polar surface area (TPSA) is 50.4 Å². The highest BCUT2D eigenvalue weighted by Gasteiger charge is 2.07. The van der Waals surface area contributed by atoms with Crippen molar-refractivity contribution < 1.29 is 9.53 Å². The van der Waals surface area contributed by atoms with Crippen LogP contribution in [0.15, 0.2) is 53.0 Å². The fourth-order valence-electron chi connectivity index (χ4n) is 2.25. The molecule has 0 saturated heterocycles. The predicted octanol–water partition coefficient (Wildman–Crippen LogP) is 4.78. The summed E-state index contributed by atoms with van der Waals surface area (Å²) < 4.78 is 6.60. The second kappa shape index (κ2) is 11.9. The quantitative estimate of drug-likeness (QED) is 0.566. The van der Waals surface area contributed by atoms with Crippen molar-refractivity contribution in [2.45, 2.75) is 26.3 Å². The third kappa shape index (κ3) is 7.46. The Morgan fingerprint density at radius 2 is 1.84 bits per heavy atom. The minimum Gasteiger partial charge on any atom is -0.492 e. The Morgan fingerprint density at radius 1 is 1.12 bits per heavy atom. The highest BCUT2D eigenvalue weighted by atomic mass is 79.9. The lowest BCUT2D eigenvalue weighted by molar-refractivity contribution is -0.116.